The van der Waals surface area contributed by atoms with Gasteiger partial charge in [-0.25, -0.2) is 9.67 Å². The van der Waals surface area contributed by atoms with Crippen LogP contribution in [0.5, 0.6) is 0 Å². The van der Waals surface area contributed by atoms with Gasteiger partial charge >= 0.3 is 0 Å². The first-order valence-electron chi connectivity index (χ1n) is 10.9. The molecule has 0 spiro atoms. The van der Waals surface area contributed by atoms with Crippen molar-refractivity contribution in [2.75, 3.05) is 5.32 Å². The summed E-state index contributed by atoms with van der Waals surface area (Å²) in [5.41, 5.74) is 6.68. The van der Waals surface area contributed by atoms with Crippen LogP contribution in [-0.4, -0.2) is 30.5 Å². The van der Waals surface area contributed by atoms with Gasteiger partial charge in [-0.15, -0.1) is 0 Å². The van der Waals surface area contributed by atoms with Crippen LogP contribution in [-0.2, 0) is 17.9 Å². The zero-order valence-corrected chi connectivity index (χ0v) is 20.5. The fourth-order valence-electron chi connectivity index (χ4n) is 4.14. The molecule has 0 unspecified atom stereocenters. The summed E-state index contributed by atoms with van der Waals surface area (Å²) >= 11 is 3.41. The van der Waals surface area contributed by atoms with Crippen molar-refractivity contribution in [2.45, 2.75) is 26.9 Å². The van der Waals surface area contributed by atoms with Gasteiger partial charge in [0.1, 0.15) is 6.54 Å². The molecule has 0 atom stereocenters. The molecule has 1 N–H and O–H groups in total. The Balaban J connectivity index is 1.36. The second kappa shape index (κ2) is 9.23. The van der Waals surface area contributed by atoms with Crippen molar-refractivity contribution in [1.82, 2.24) is 24.5 Å². The minimum atomic E-state index is -0.161. The number of nitrogens with zero attached hydrogens (tertiary/aromatic N) is 5. The number of rotatable bonds is 6. The van der Waals surface area contributed by atoms with E-state index in [9.17, 15) is 4.79 Å². The molecule has 0 fully saturated rings. The predicted molar refractivity (Wildman–Crippen MR) is 137 cm³/mol. The second-order valence-corrected chi connectivity index (χ2v) is 9.19. The zero-order chi connectivity index (χ0) is 23.7. The average Bonchev–Trinajstić information content (AvgIpc) is 3.36. The number of halogens is 1. The third-order valence-corrected chi connectivity index (χ3v) is 6.00. The average molecular weight is 515 g/mol. The Kier molecular flexibility index (Phi) is 5.98. The van der Waals surface area contributed by atoms with E-state index in [2.05, 4.69) is 61.6 Å². The number of aromatic nitrogens is 5. The van der Waals surface area contributed by atoms with Crippen molar-refractivity contribution in [2.24, 2.45) is 0 Å². The summed E-state index contributed by atoms with van der Waals surface area (Å²) in [4.78, 5) is 17.4. The third kappa shape index (κ3) is 4.63. The number of amides is 1. The molecule has 0 aliphatic rings. The van der Waals surface area contributed by atoms with Crippen LogP contribution in [0.2, 0.25) is 0 Å². The first-order chi connectivity index (χ1) is 16.5. The summed E-state index contributed by atoms with van der Waals surface area (Å²) in [6.45, 7) is 4.72. The molecule has 0 bridgehead atoms. The molecule has 2 aromatic carbocycles. The van der Waals surface area contributed by atoms with E-state index in [1.807, 2.05) is 54.2 Å². The Bertz CT molecular complexity index is 1500. The van der Waals surface area contributed by atoms with Crippen molar-refractivity contribution >= 4 is 38.6 Å². The van der Waals surface area contributed by atoms with Crippen LogP contribution in [0.1, 0.15) is 16.8 Å². The van der Waals surface area contributed by atoms with Crippen LogP contribution >= 0.6 is 15.9 Å². The quantitative estimate of drug-likeness (QED) is 0.330. The number of hydrogen-bond acceptors (Lipinski definition) is 4. The Morgan fingerprint density at radius 3 is 2.74 bits per heavy atom. The van der Waals surface area contributed by atoms with Gasteiger partial charge in [-0.1, -0.05) is 42.0 Å². The maximum absolute atomic E-state index is 12.9. The van der Waals surface area contributed by atoms with E-state index in [1.165, 1.54) is 5.56 Å². The van der Waals surface area contributed by atoms with E-state index in [0.717, 1.165) is 37.9 Å². The Hall–Kier alpha value is -3.78. The highest BCUT2D eigenvalue weighted by atomic mass is 79.9. The first-order valence-corrected chi connectivity index (χ1v) is 11.7. The van der Waals surface area contributed by atoms with E-state index in [-0.39, 0.29) is 12.5 Å². The van der Waals surface area contributed by atoms with Gasteiger partial charge in [-0.05, 0) is 64.7 Å². The van der Waals surface area contributed by atoms with Gasteiger partial charge in [-0.2, -0.15) is 10.2 Å². The first kappa shape index (κ1) is 22.0. The van der Waals surface area contributed by atoms with Crippen molar-refractivity contribution < 1.29 is 4.79 Å². The minimum absolute atomic E-state index is 0.0743. The van der Waals surface area contributed by atoms with Crippen LogP contribution in [0, 0.1) is 13.8 Å². The van der Waals surface area contributed by atoms with E-state index in [1.54, 1.807) is 17.1 Å². The lowest BCUT2D eigenvalue weighted by molar-refractivity contribution is -0.116. The molecule has 7 nitrogen and oxygen atoms in total. The molecule has 34 heavy (non-hydrogen) atoms. The number of nitrogens with one attached hydrogen (secondary N) is 1. The highest BCUT2D eigenvalue weighted by molar-refractivity contribution is 9.10. The molecule has 0 aliphatic heterocycles. The Morgan fingerprint density at radius 2 is 1.94 bits per heavy atom. The van der Waals surface area contributed by atoms with Crippen molar-refractivity contribution in [3.63, 3.8) is 0 Å². The van der Waals surface area contributed by atoms with Crippen molar-refractivity contribution in [3.05, 3.63) is 94.5 Å². The molecule has 1 amide bonds. The summed E-state index contributed by atoms with van der Waals surface area (Å²) < 4.78 is 4.43. The van der Waals surface area contributed by atoms with Gasteiger partial charge in [0.05, 0.1) is 22.9 Å². The Labute approximate surface area is 205 Å². The maximum Gasteiger partial charge on any atom is 0.246 e. The number of benzene rings is 2. The van der Waals surface area contributed by atoms with Crippen LogP contribution in [0.3, 0.4) is 0 Å². The molecule has 0 saturated carbocycles. The molecular weight excluding hydrogens is 492 g/mol. The van der Waals surface area contributed by atoms with E-state index in [4.69, 9.17) is 0 Å². The van der Waals surface area contributed by atoms with Crippen LogP contribution in [0.15, 0.2) is 77.7 Å². The van der Waals surface area contributed by atoms with Crippen LogP contribution < -0.4 is 5.32 Å². The molecule has 0 radical (unpaired) electrons. The lowest BCUT2D eigenvalue weighted by Gasteiger charge is -2.09. The standard InChI is InChI=1S/C26H23BrN6O/c1-17-5-3-7-20(11-17)23-9-10-28-26-25(23)18(2)31-33(26)16-24(34)30-22-8-4-6-19(12-22)14-32-15-21(27)13-29-32/h3-13,15H,14,16H2,1-2H3,(H,30,34). The van der Waals surface area contributed by atoms with E-state index >= 15 is 0 Å². The van der Waals surface area contributed by atoms with Gasteiger partial charge in [0.15, 0.2) is 5.65 Å². The van der Waals surface area contributed by atoms with Crippen LogP contribution in [0.4, 0.5) is 5.69 Å². The minimum Gasteiger partial charge on any atom is -0.324 e. The Morgan fingerprint density at radius 1 is 1.09 bits per heavy atom. The van der Waals surface area contributed by atoms with E-state index in [0.29, 0.717) is 12.2 Å². The van der Waals surface area contributed by atoms with Gasteiger partial charge < -0.3 is 5.32 Å². The normalized spacial score (nSPS) is 11.1. The van der Waals surface area contributed by atoms with Crippen molar-refractivity contribution in [3.8, 4) is 11.1 Å². The fourth-order valence-corrected chi connectivity index (χ4v) is 4.47. The predicted octanol–water partition coefficient (Wildman–Crippen LogP) is 5.36. The molecule has 0 saturated heterocycles. The van der Waals surface area contributed by atoms with Gasteiger partial charge in [0.25, 0.3) is 0 Å². The van der Waals surface area contributed by atoms with Crippen LogP contribution in [0.25, 0.3) is 22.2 Å². The highest BCUT2D eigenvalue weighted by Crippen LogP contribution is 2.30. The molecule has 3 aromatic heterocycles. The number of pyridine rings is 1. The fraction of sp³-hybridized carbons (Fsp3) is 0.154. The monoisotopic (exact) mass is 514 g/mol. The number of anilines is 1. The van der Waals surface area contributed by atoms with E-state index < -0.39 is 0 Å². The summed E-state index contributed by atoms with van der Waals surface area (Å²) in [7, 11) is 0. The summed E-state index contributed by atoms with van der Waals surface area (Å²) in [5.74, 6) is -0.161. The molecular formula is C26H23BrN6O. The number of aryl methyl sites for hydroxylation is 2. The largest absolute Gasteiger partial charge is 0.324 e. The smallest absolute Gasteiger partial charge is 0.246 e. The summed E-state index contributed by atoms with van der Waals surface area (Å²) in [5, 5.41) is 12.9. The second-order valence-electron chi connectivity index (χ2n) is 8.27. The molecule has 5 aromatic rings. The SMILES string of the molecule is Cc1cccc(-c2ccnc3c2c(C)nn3CC(=O)Nc2cccc(Cn3cc(Br)cn3)c2)c1. The van der Waals surface area contributed by atoms with Gasteiger partial charge in [0.2, 0.25) is 5.91 Å². The number of carbonyl (C=O) groups excluding carboxylic acids is 1. The molecule has 3 heterocycles. The summed E-state index contributed by atoms with van der Waals surface area (Å²) in [6, 6.07) is 18.1. The zero-order valence-electron chi connectivity index (χ0n) is 18.9. The number of carbonyl (C=O) groups is 1. The lowest BCUT2D eigenvalue weighted by Crippen LogP contribution is -2.20. The van der Waals surface area contributed by atoms with Gasteiger partial charge in [0, 0.05) is 23.5 Å². The maximum atomic E-state index is 12.9. The molecule has 170 valence electrons. The topological polar surface area (TPSA) is 77.6 Å². The highest BCUT2D eigenvalue weighted by Gasteiger charge is 2.16. The molecule has 8 heteroatoms. The van der Waals surface area contributed by atoms with Gasteiger partial charge in [-0.3, -0.25) is 9.48 Å². The molecule has 5 rings (SSSR count). The number of fused-ring (bicyclic) bond motifs is 1. The molecule has 0 aliphatic carbocycles. The number of hydrogen-bond donors (Lipinski definition) is 1. The lowest BCUT2D eigenvalue weighted by atomic mass is 10.0. The third-order valence-electron chi connectivity index (χ3n) is 5.59. The van der Waals surface area contributed by atoms with Crippen molar-refractivity contribution in [1.29, 1.82) is 0 Å². The summed E-state index contributed by atoms with van der Waals surface area (Å²) in [6.07, 6.45) is 5.43.